The molecule has 1 heterocycles. The first-order chi connectivity index (χ1) is 12.5. The molecule has 0 aliphatic carbocycles. The van der Waals surface area contributed by atoms with Crippen LogP contribution < -0.4 is 10.2 Å². The Kier molecular flexibility index (Phi) is 5.48. The summed E-state index contributed by atoms with van der Waals surface area (Å²) in [5.41, 5.74) is 2.93. The molecule has 7 heteroatoms. The maximum Gasteiger partial charge on any atom is 0.232 e. The fourth-order valence-electron chi connectivity index (χ4n) is 2.61. The van der Waals surface area contributed by atoms with Crippen LogP contribution >= 0.6 is 12.2 Å². The van der Waals surface area contributed by atoms with E-state index in [4.69, 9.17) is 12.2 Å². The number of nitrogens with one attached hydrogen (secondary N) is 2. The average molecular weight is 367 g/mol. The maximum atomic E-state index is 12.4. The molecule has 3 aromatic rings. The van der Waals surface area contributed by atoms with E-state index in [0.29, 0.717) is 17.1 Å². The number of aromatic nitrogens is 3. The summed E-state index contributed by atoms with van der Waals surface area (Å²) >= 11 is 5.30. The number of amides is 1. The fourth-order valence-corrected chi connectivity index (χ4v) is 2.82. The van der Waals surface area contributed by atoms with Crippen LogP contribution in [0, 0.1) is 4.77 Å². The van der Waals surface area contributed by atoms with Crippen LogP contribution in [0.25, 0.3) is 0 Å². The molecule has 0 radical (unpaired) electrons. The van der Waals surface area contributed by atoms with Gasteiger partial charge in [-0.25, -0.2) is 0 Å². The van der Waals surface area contributed by atoms with Crippen LogP contribution in [-0.4, -0.2) is 34.8 Å². The second kappa shape index (κ2) is 7.97. The Labute approximate surface area is 157 Å². The van der Waals surface area contributed by atoms with Crippen LogP contribution in [0.3, 0.4) is 0 Å². The number of carbonyl (C=O) groups is 1. The average Bonchev–Trinajstić information content (AvgIpc) is 2.96. The van der Waals surface area contributed by atoms with Crippen molar-refractivity contribution in [1.29, 1.82) is 0 Å². The number of rotatable bonds is 6. The van der Waals surface area contributed by atoms with Gasteiger partial charge in [-0.05, 0) is 42.0 Å². The molecular weight excluding hydrogens is 346 g/mol. The van der Waals surface area contributed by atoms with Gasteiger partial charge in [0.15, 0.2) is 4.77 Å². The number of hydrogen-bond acceptors (Lipinski definition) is 4. The van der Waals surface area contributed by atoms with Crippen LogP contribution in [0.5, 0.6) is 0 Å². The van der Waals surface area contributed by atoms with Gasteiger partial charge in [0.1, 0.15) is 5.82 Å². The quantitative estimate of drug-likeness (QED) is 0.657. The van der Waals surface area contributed by atoms with Crippen molar-refractivity contribution in [3.05, 3.63) is 70.8 Å². The standard InChI is InChI=1S/C19H21N5OS/c1-23(2)16-10-8-15(9-11-16)20-18(25)12-17-21-22-19(26)24(17)13-14-6-4-3-5-7-14/h3-11H,12-13H2,1-2H3,(H,20,25)(H,22,26). The van der Waals surface area contributed by atoms with Gasteiger partial charge in [-0.1, -0.05) is 30.3 Å². The molecule has 0 saturated carbocycles. The number of nitrogens with zero attached hydrogens (tertiary/aromatic N) is 3. The molecule has 1 aromatic heterocycles. The summed E-state index contributed by atoms with van der Waals surface area (Å²) in [6, 6.07) is 17.6. The molecule has 0 aliphatic rings. The number of benzene rings is 2. The van der Waals surface area contributed by atoms with E-state index in [1.807, 2.05) is 78.2 Å². The number of anilines is 2. The number of carbonyl (C=O) groups excluding carboxylic acids is 1. The fraction of sp³-hybridized carbons (Fsp3) is 0.211. The summed E-state index contributed by atoms with van der Waals surface area (Å²) in [5.74, 6) is 0.479. The summed E-state index contributed by atoms with van der Waals surface area (Å²) < 4.78 is 2.35. The van der Waals surface area contributed by atoms with Crippen molar-refractivity contribution >= 4 is 29.5 Å². The minimum Gasteiger partial charge on any atom is -0.378 e. The third kappa shape index (κ3) is 4.37. The van der Waals surface area contributed by atoms with Gasteiger partial charge in [0.25, 0.3) is 0 Å². The smallest absolute Gasteiger partial charge is 0.232 e. The van der Waals surface area contributed by atoms with Gasteiger partial charge in [0, 0.05) is 25.5 Å². The Bertz CT molecular complexity index is 929. The molecule has 0 unspecified atom stereocenters. The molecule has 0 fully saturated rings. The van der Waals surface area contributed by atoms with E-state index in [9.17, 15) is 4.79 Å². The summed E-state index contributed by atoms with van der Waals surface area (Å²) in [5, 5.41) is 9.88. The van der Waals surface area contributed by atoms with Gasteiger partial charge in [0.2, 0.25) is 5.91 Å². The Morgan fingerprint density at radius 1 is 1.15 bits per heavy atom. The molecular formula is C19H21N5OS. The van der Waals surface area contributed by atoms with E-state index in [2.05, 4.69) is 15.5 Å². The molecule has 0 saturated heterocycles. The summed E-state index contributed by atoms with van der Waals surface area (Å²) in [6.45, 7) is 0.580. The molecule has 1 amide bonds. The van der Waals surface area contributed by atoms with E-state index in [1.165, 1.54) is 0 Å². The van der Waals surface area contributed by atoms with Gasteiger partial charge in [-0.15, -0.1) is 0 Å². The summed E-state index contributed by atoms with van der Waals surface area (Å²) in [7, 11) is 3.95. The Balaban J connectivity index is 1.69. The van der Waals surface area contributed by atoms with Crippen LogP contribution in [0.2, 0.25) is 0 Å². The highest BCUT2D eigenvalue weighted by molar-refractivity contribution is 7.71. The van der Waals surface area contributed by atoms with Crippen molar-refractivity contribution in [2.45, 2.75) is 13.0 Å². The van der Waals surface area contributed by atoms with Crippen molar-refractivity contribution in [3.63, 3.8) is 0 Å². The van der Waals surface area contributed by atoms with Crippen molar-refractivity contribution < 1.29 is 4.79 Å². The van der Waals surface area contributed by atoms with Crippen LogP contribution in [0.4, 0.5) is 11.4 Å². The second-order valence-electron chi connectivity index (χ2n) is 6.18. The van der Waals surface area contributed by atoms with E-state index < -0.39 is 0 Å². The zero-order valence-electron chi connectivity index (χ0n) is 14.8. The van der Waals surface area contributed by atoms with Crippen LogP contribution in [-0.2, 0) is 17.8 Å². The van der Waals surface area contributed by atoms with Gasteiger partial charge in [-0.3, -0.25) is 14.5 Å². The first-order valence-electron chi connectivity index (χ1n) is 8.28. The van der Waals surface area contributed by atoms with Gasteiger partial charge >= 0.3 is 0 Å². The maximum absolute atomic E-state index is 12.4. The predicted molar refractivity (Wildman–Crippen MR) is 106 cm³/mol. The molecule has 2 aromatic carbocycles. The van der Waals surface area contributed by atoms with Gasteiger partial charge < -0.3 is 10.2 Å². The SMILES string of the molecule is CN(C)c1ccc(NC(=O)Cc2n[nH]c(=S)n2Cc2ccccc2)cc1. The van der Waals surface area contributed by atoms with Crippen molar-refractivity contribution in [2.24, 2.45) is 0 Å². The van der Waals surface area contributed by atoms with Crippen LogP contribution in [0.15, 0.2) is 54.6 Å². The number of aromatic amines is 1. The topological polar surface area (TPSA) is 66.0 Å². The second-order valence-corrected chi connectivity index (χ2v) is 6.57. The first kappa shape index (κ1) is 17.9. The Hall–Kier alpha value is -2.93. The number of hydrogen-bond donors (Lipinski definition) is 2. The van der Waals surface area contributed by atoms with E-state index in [0.717, 1.165) is 16.9 Å². The third-order valence-corrected chi connectivity index (χ3v) is 4.32. The third-order valence-electron chi connectivity index (χ3n) is 4.01. The minimum atomic E-state index is -0.133. The lowest BCUT2D eigenvalue weighted by atomic mass is 10.2. The molecule has 0 aliphatic heterocycles. The number of H-pyrrole nitrogens is 1. The molecule has 2 N–H and O–H groups in total. The van der Waals surface area contributed by atoms with Crippen molar-refractivity contribution in [3.8, 4) is 0 Å². The van der Waals surface area contributed by atoms with E-state index in [1.54, 1.807) is 0 Å². The Morgan fingerprint density at radius 3 is 2.50 bits per heavy atom. The van der Waals surface area contributed by atoms with Gasteiger partial charge in [0.05, 0.1) is 13.0 Å². The van der Waals surface area contributed by atoms with Crippen molar-refractivity contribution in [1.82, 2.24) is 14.8 Å². The molecule has 26 heavy (non-hydrogen) atoms. The van der Waals surface area contributed by atoms with Crippen molar-refractivity contribution in [2.75, 3.05) is 24.3 Å². The summed E-state index contributed by atoms with van der Waals surface area (Å²) in [6.07, 6.45) is 0.148. The monoisotopic (exact) mass is 367 g/mol. The lowest BCUT2D eigenvalue weighted by molar-refractivity contribution is -0.115. The minimum absolute atomic E-state index is 0.133. The molecule has 0 bridgehead atoms. The zero-order valence-corrected chi connectivity index (χ0v) is 15.6. The summed E-state index contributed by atoms with van der Waals surface area (Å²) in [4.78, 5) is 14.4. The molecule has 0 spiro atoms. The molecule has 134 valence electrons. The Morgan fingerprint density at radius 2 is 1.85 bits per heavy atom. The highest BCUT2D eigenvalue weighted by Gasteiger charge is 2.12. The highest BCUT2D eigenvalue weighted by atomic mass is 32.1. The molecule has 6 nitrogen and oxygen atoms in total. The van der Waals surface area contributed by atoms with E-state index >= 15 is 0 Å². The van der Waals surface area contributed by atoms with E-state index in [-0.39, 0.29) is 12.3 Å². The lowest BCUT2D eigenvalue weighted by Crippen LogP contribution is -2.18. The largest absolute Gasteiger partial charge is 0.378 e. The molecule has 3 rings (SSSR count). The molecule has 0 atom stereocenters. The van der Waals surface area contributed by atoms with Gasteiger partial charge in [-0.2, -0.15) is 5.10 Å². The normalized spacial score (nSPS) is 10.5. The highest BCUT2D eigenvalue weighted by Crippen LogP contribution is 2.16. The zero-order chi connectivity index (χ0) is 18.5. The lowest BCUT2D eigenvalue weighted by Gasteiger charge is -2.13. The van der Waals surface area contributed by atoms with Crippen LogP contribution in [0.1, 0.15) is 11.4 Å². The predicted octanol–water partition coefficient (Wildman–Crippen LogP) is 3.24. The first-order valence-corrected chi connectivity index (χ1v) is 8.69.